The number of halogens is 1. The zero-order valence-electron chi connectivity index (χ0n) is 10.7. The Bertz CT molecular complexity index is 357. The van der Waals surface area contributed by atoms with Crippen molar-refractivity contribution >= 4 is 0 Å². The van der Waals surface area contributed by atoms with E-state index in [9.17, 15) is 4.39 Å². The molecule has 4 heteroatoms. The molecule has 3 nitrogen and oxygen atoms in total. The minimum Gasteiger partial charge on any atom is -0.494 e. The van der Waals surface area contributed by atoms with Crippen molar-refractivity contribution in [2.24, 2.45) is 5.73 Å². The lowest BCUT2D eigenvalue weighted by Crippen LogP contribution is -2.31. The van der Waals surface area contributed by atoms with Gasteiger partial charge in [-0.1, -0.05) is 13.0 Å². The molecule has 0 saturated heterocycles. The van der Waals surface area contributed by atoms with Crippen LogP contribution in [0.1, 0.15) is 24.9 Å². The molecule has 0 saturated carbocycles. The second-order valence-electron chi connectivity index (χ2n) is 4.13. The molecule has 0 aliphatic carbocycles. The van der Waals surface area contributed by atoms with Crippen LogP contribution in [0.25, 0.3) is 0 Å². The van der Waals surface area contributed by atoms with Gasteiger partial charge in [-0.25, -0.2) is 4.39 Å². The highest BCUT2D eigenvalue weighted by Crippen LogP contribution is 2.24. The van der Waals surface area contributed by atoms with E-state index in [1.807, 2.05) is 13.1 Å². The van der Waals surface area contributed by atoms with Crippen molar-refractivity contribution in [1.29, 1.82) is 0 Å². The van der Waals surface area contributed by atoms with Crippen LogP contribution in [0.3, 0.4) is 0 Å². The van der Waals surface area contributed by atoms with E-state index in [0.717, 1.165) is 18.5 Å². The van der Waals surface area contributed by atoms with Gasteiger partial charge in [-0.3, -0.25) is 4.90 Å². The lowest BCUT2D eigenvalue weighted by molar-refractivity contribution is 0.250. The molecule has 0 aliphatic heterocycles. The smallest absolute Gasteiger partial charge is 0.165 e. The van der Waals surface area contributed by atoms with Crippen molar-refractivity contribution < 1.29 is 9.13 Å². The first-order valence-electron chi connectivity index (χ1n) is 5.87. The van der Waals surface area contributed by atoms with Gasteiger partial charge in [0.05, 0.1) is 7.11 Å². The number of likely N-dealkylation sites (N-methyl/N-ethyl adjacent to an activating group) is 1. The molecule has 1 atom stereocenters. The van der Waals surface area contributed by atoms with Gasteiger partial charge < -0.3 is 10.5 Å². The molecule has 0 aliphatic rings. The first-order valence-corrected chi connectivity index (χ1v) is 5.87. The third-order valence-corrected chi connectivity index (χ3v) is 2.89. The summed E-state index contributed by atoms with van der Waals surface area (Å²) < 4.78 is 18.5. The summed E-state index contributed by atoms with van der Waals surface area (Å²) in [5.74, 6) is -0.0731. The average molecular weight is 240 g/mol. The highest BCUT2D eigenvalue weighted by Gasteiger charge is 2.16. The Balaban J connectivity index is 2.92. The molecular weight excluding hydrogens is 219 g/mol. The predicted molar refractivity (Wildman–Crippen MR) is 67.7 cm³/mol. The first-order chi connectivity index (χ1) is 8.13. The van der Waals surface area contributed by atoms with Gasteiger partial charge >= 0.3 is 0 Å². The summed E-state index contributed by atoms with van der Waals surface area (Å²) in [7, 11) is 3.46. The fourth-order valence-electron chi connectivity index (χ4n) is 1.97. The van der Waals surface area contributed by atoms with E-state index in [-0.39, 0.29) is 17.6 Å². The summed E-state index contributed by atoms with van der Waals surface area (Å²) in [5.41, 5.74) is 6.65. The van der Waals surface area contributed by atoms with E-state index >= 15 is 0 Å². The molecule has 96 valence electrons. The van der Waals surface area contributed by atoms with E-state index in [1.165, 1.54) is 13.2 Å². The van der Waals surface area contributed by atoms with E-state index in [0.29, 0.717) is 6.54 Å². The number of rotatable bonds is 6. The highest BCUT2D eigenvalue weighted by atomic mass is 19.1. The fourth-order valence-corrected chi connectivity index (χ4v) is 1.97. The first kappa shape index (κ1) is 13.9. The molecule has 1 aromatic carbocycles. The second kappa shape index (κ2) is 6.57. The Morgan fingerprint density at radius 1 is 1.47 bits per heavy atom. The number of nitrogens with two attached hydrogens (primary N) is 1. The number of hydrogen-bond donors (Lipinski definition) is 1. The Morgan fingerprint density at radius 2 is 2.18 bits per heavy atom. The minimum atomic E-state index is -0.339. The van der Waals surface area contributed by atoms with Crippen molar-refractivity contribution in [2.75, 3.05) is 27.2 Å². The van der Waals surface area contributed by atoms with Crippen LogP contribution in [0.2, 0.25) is 0 Å². The lowest BCUT2D eigenvalue weighted by atomic mass is 10.1. The highest BCUT2D eigenvalue weighted by molar-refractivity contribution is 5.31. The Kier molecular flexibility index (Phi) is 5.38. The van der Waals surface area contributed by atoms with Gasteiger partial charge in [0.2, 0.25) is 0 Å². The van der Waals surface area contributed by atoms with Gasteiger partial charge in [0, 0.05) is 12.6 Å². The molecule has 0 fully saturated rings. The van der Waals surface area contributed by atoms with Gasteiger partial charge in [0.15, 0.2) is 11.6 Å². The molecule has 17 heavy (non-hydrogen) atoms. The molecule has 0 aromatic heterocycles. The van der Waals surface area contributed by atoms with E-state index in [4.69, 9.17) is 10.5 Å². The van der Waals surface area contributed by atoms with Gasteiger partial charge in [0.25, 0.3) is 0 Å². The molecule has 0 amide bonds. The SMILES string of the molecule is CCCN(C)C(CN)c1ccc(OC)c(F)c1. The molecule has 2 N–H and O–H groups in total. The minimum absolute atomic E-state index is 0.0513. The van der Waals surface area contributed by atoms with Crippen molar-refractivity contribution in [1.82, 2.24) is 4.90 Å². The summed E-state index contributed by atoms with van der Waals surface area (Å²) in [6.07, 6.45) is 1.05. The number of methoxy groups -OCH3 is 1. The topological polar surface area (TPSA) is 38.5 Å². The molecule has 0 heterocycles. The van der Waals surface area contributed by atoms with Gasteiger partial charge in [-0.2, -0.15) is 0 Å². The van der Waals surface area contributed by atoms with Gasteiger partial charge in [-0.15, -0.1) is 0 Å². The summed E-state index contributed by atoms with van der Waals surface area (Å²) in [6.45, 7) is 3.52. The fraction of sp³-hybridized carbons (Fsp3) is 0.538. The molecule has 0 radical (unpaired) electrons. The predicted octanol–water partition coefficient (Wildman–Crippen LogP) is 2.18. The van der Waals surface area contributed by atoms with Crippen LogP contribution in [-0.4, -0.2) is 32.1 Å². The monoisotopic (exact) mass is 240 g/mol. The number of ether oxygens (including phenoxy) is 1. The summed E-state index contributed by atoms with van der Waals surface area (Å²) in [5, 5.41) is 0. The zero-order chi connectivity index (χ0) is 12.8. The number of nitrogens with zero attached hydrogens (tertiary/aromatic N) is 1. The number of benzene rings is 1. The molecule has 1 aromatic rings. The van der Waals surface area contributed by atoms with Gasteiger partial charge in [-0.05, 0) is 37.7 Å². The van der Waals surface area contributed by atoms with E-state index < -0.39 is 0 Å². The summed E-state index contributed by atoms with van der Waals surface area (Å²) >= 11 is 0. The van der Waals surface area contributed by atoms with Crippen molar-refractivity contribution in [3.8, 4) is 5.75 Å². The van der Waals surface area contributed by atoms with Crippen molar-refractivity contribution in [2.45, 2.75) is 19.4 Å². The van der Waals surface area contributed by atoms with Crippen molar-refractivity contribution in [3.05, 3.63) is 29.6 Å². The second-order valence-corrected chi connectivity index (χ2v) is 4.13. The largest absolute Gasteiger partial charge is 0.494 e. The maximum atomic E-state index is 13.6. The van der Waals surface area contributed by atoms with Crippen molar-refractivity contribution in [3.63, 3.8) is 0 Å². The summed E-state index contributed by atoms with van der Waals surface area (Å²) in [6, 6.07) is 5.07. The van der Waals surface area contributed by atoms with Gasteiger partial charge in [0.1, 0.15) is 0 Å². The summed E-state index contributed by atoms with van der Waals surface area (Å²) in [4.78, 5) is 2.14. The Labute approximate surface area is 102 Å². The van der Waals surface area contributed by atoms with Crippen LogP contribution < -0.4 is 10.5 Å². The maximum Gasteiger partial charge on any atom is 0.165 e. The van der Waals surface area contributed by atoms with Crippen LogP contribution in [0.4, 0.5) is 4.39 Å². The number of hydrogen-bond acceptors (Lipinski definition) is 3. The van der Waals surface area contributed by atoms with Crippen LogP contribution >= 0.6 is 0 Å². The maximum absolute atomic E-state index is 13.6. The molecule has 1 rings (SSSR count). The molecule has 0 bridgehead atoms. The average Bonchev–Trinajstić information content (AvgIpc) is 2.30. The van der Waals surface area contributed by atoms with E-state index in [1.54, 1.807) is 6.07 Å². The van der Waals surface area contributed by atoms with Crippen LogP contribution in [0.15, 0.2) is 18.2 Å². The Morgan fingerprint density at radius 3 is 2.65 bits per heavy atom. The molecular formula is C13H21FN2O. The van der Waals surface area contributed by atoms with Crippen LogP contribution in [0.5, 0.6) is 5.75 Å². The van der Waals surface area contributed by atoms with Crippen LogP contribution in [-0.2, 0) is 0 Å². The van der Waals surface area contributed by atoms with E-state index in [2.05, 4.69) is 11.8 Å². The molecule has 1 unspecified atom stereocenters. The van der Waals surface area contributed by atoms with Crippen LogP contribution in [0, 0.1) is 5.82 Å². The third kappa shape index (κ3) is 3.41. The normalized spacial score (nSPS) is 12.8. The quantitative estimate of drug-likeness (QED) is 0.828. The standard InChI is InChI=1S/C13H21FN2O/c1-4-7-16(2)12(9-15)10-5-6-13(17-3)11(14)8-10/h5-6,8,12H,4,7,9,15H2,1-3H3. The lowest BCUT2D eigenvalue weighted by Gasteiger charge is -2.27. The zero-order valence-corrected chi connectivity index (χ0v) is 10.7. The third-order valence-electron chi connectivity index (χ3n) is 2.89. The Hall–Kier alpha value is -1.13. The molecule has 0 spiro atoms.